The van der Waals surface area contributed by atoms with Crippen LogP contribution in [0.5, 0.6) is 11.5 Å². The first-order chi connectivity index (χ1) is 8.66. The summed E-state index contributed by atoms with van der Waals surface area (Å²) in [6.07, 6.45) is 3.60. The molecular weight excluding hydrogens is 228 g/mol. The lowest BCUT2D eigenvalue weighted by Gasteiger charge is -2.08. The molecule has 94 valence electrons. The molecule has 4 nitrogen and oxygen atoms in total. The third-order valence-corrected chi connectivity index (χ3v) is 2.85. The van der Waals surface area contributed by atoms with Crippen LogP contribution in [-0.4, -0.2) is 15.2 Å². The molecule has 0 unspecified atom stereocenters. The van der Waals surface area contributed by atoms with Crippen LogP contribution in [0.1, 0.15) is 16.7 Å². The number of phenols is 2. The Hall–Kier alpha value is -2.07. The molecule has 0 amide bonds. The van der Waals surface area contributed by atoms with Crippen LogP contribution in [0.25, 0.3) is 0 Å². The number of aromatic nitrogens is 1. The summed E-state index contributed by atoms with van der Waals surface area (Å²) in [5, 5.41) is 22.1. The maximum atomic E-state index is 9.63. The van der Waals surface area contributed by atoms with E-state index in [1.54, 1.807) is 18.3 Å². The van der Waals surface area contributed by atoms with Crippen LogP contribution in [0.15, 0.2) is 36.7 Å². The maximum absolute atomic E-state index is 9.63. The summed E-state index contributed by atoms with van der Waals surface area (Å²) in [6.45, 7) is 3.27. The highest BCUT2D eigenvalue weighted by Crippen LogP contribution is 2.22. The molecule has 0 aliphatic carbocycles. The predicted octanol–water partition coefficient (Wildman–Crippen LogP) is 2.09. The highest BCUT2D eigenvalue weighted by Gasteiger charge is 2.02. The molecule has 3 N–H and O–H groups in total. The monoisotopic (exact) mass is 244 g/mol. The summed E-state index contributed by atoms with van der Waals surface area (Å²) in [6, 6.07) is 6.57. The molecule has 1 aromatic heterocycles. The van der Waals surface area contributed by atoms with Gasteiger partial charge < -0.3 is 15.5 Å². The van der Waals surface area contributed by atoms with Gasteiger partial charge in [-0.1, -0.05) is 6.07 Å². The minimum absolute atomic E-state index is 0.0688. The largest absolute Gasteiger partial charge is 0.508 e. The first-order valence-electron chi connectivity index (χ1n) is 5.78. The van der Waals surface area contributed by atoms with Gasteiger partial charge in [-0.3, -0.25) is 4.98 Å². The van der Waals surface area contributed by atoms with Crippen LogP contribution in [-0.2, 0) is 13.1 Å². The van der Waals surface area contributed by atoms with Crippen LogP contribution >= 0.6 is 0 Å². The Kier molecular flexibility index (Phi) is 3.79. The van der Waals surface area contributed by atoms with Gasteiger partial charge in [0.25, 0.3) is 0 Å². The molecule has 1 heterocycles. The number of nitrogens with zero attached hydrogens (tertiary/aromatic N) is 1. The molecule has 0 fully saturated rings. The molecule has 2 aromatic rings. The number of rotatable bonds is 4. The lowest BCUT2D eigenvalue weighted by molar-refractivity contribution is 0.443. The van der Waals surface area contributed by atoms with Gasteiger partial charge in [0.15, 0.2) is 0 Å². The lowest BCUT2D eigenvalue weighted by Crippen LogP contribution is -2.13. The Morgan fingerprint density at radius 2 is 1.89 bits per heavy atom. The Morgan fingerprint density at radius 1 is 1.11 bits per heavy atom. The molecule has 2 rings (SSSR count). The first-order valence-corrected chi connectivity index (χ1v) is 5.78. The van der Waals surface area contributed by atoms with Gasteiger partial charge in [0.2, 0.25) is 0 Å². The first kappa shape index (κ1) is 12.4. The van der Waals surface area contributed by atoms with E-state index in [0.717, 1.165) is 11.1 Å². The van der Waals surface area contributed by atoms with Crippen LogP contribution in [0.2, 0.25) is 0 Å². The van der Waals surface area contributed by atoms with Crippen molar-refractivity contribution in [1.29, 1.82) is 0 Å². The molecule has 0 aliphatic heterocycles. The van der Waals surface area contributed by atoms with Gasteiger partial charge in [-0.25, -0.2) is 0 Å². The van der Waals surface area contributed by atoms with Crippen molar-refractivity contribution in [2.24, 2.45) is 0 Å². The van der Waals surface area contributed by atoms with Crippen LogP contribution in [0, 0.1) is 6.92 Å². The maximum Gasteiger partial charge on any atom is 0.123 e. The Bertz CT molecular complexity index is 541. The molecule has 0 atom stereocenters. The Labute approximate surface area is 106 Å². The van der Waals surface area contributed by atoms with E-state index in [-0.39, 0.29) is 11.5 Å². The van der Waals surface area contributed by atoms with Crippen LogP contribution in [0.3, 0.4) is 0 Å². The normalized spacial score (nSPS) is 10.5. The van der Waals surface area contributed by atoms with Crippen molar-refractivity contribution in [3.05, 3.63) is 53.3 Å². The number of hydrogen-bond acceptors (Lipinski definition) is 4. The van der Waals surface area contributed by atoms with E-state index in [1.807, 2.05) is 19.2 Å². The number of pyridine rings is 1. The number of aryl methyl sites for hydroxylation is 1. The average molecular weight is 244 g/mol. The molecular formula is C14H16N2O2. The molecule has 0 radical (unpaired) electrons. The SMILES string of the molecule is Cc1ccncc1CNCc1ccc(O)cc1O. The summed E-state index contributed by atoms with van der Waals surface area (Å²) >= 11 is 0. The highest BCUT2D eigenvalue weighted by molar-refractivity contribution is 5.38. The van der Waals surface area contributed by atoms with Crippen LogP contribution < -0.4 is 5.32 Å². The minimum atomic E-state index is 0.0688. The number of nitrogens with one attached hydrogen (secondary N) is 1. The van der Waals surface area contributed by atoms with Gasteiger partial charge in [-0.2, -0.15) is 0 Å². The number of phenolic OH excluding ortho intramolecular Hbond substituents is 2. The van der Waals surface area contributed by atoms with Gasteiger partial charge in [-0.05, 0) is 30.2 Å². The molecule has 0 saturated carbocycles. The number of benzene rings is 1. The van der Waals surface area contributed by atoms with E-state index in [4.69, 9.17) is 0 Å². The molecule has 18 heavy (non-hydrogen) atoms. The van der Waals surface area contributed by atoms with Crippen molar-refractivity contribution in [2.45, 2.75) is 20.0 Å². The summed E-state index contributed by atoms with van der Waals surface area (Å²) in [7, 11) is 0. The summed E-state index contributed by atoms with van der Waals surface area (Å²) in [4.78, 5) is 4.08. The van der Waals surface area contributed by atoms with Crippen molar-refractivity contribution in [3.63, 3.8) is 0 Å². The van der Waals surface area contributed by atoms with E-state index in [9.17, 15) is 10.2 Å². The zero-order valence-electron chi connectivity index (χ0n) is 10.2. The second kappa shape index (κ2) is 5.51. The van der Waals surface area contributed by atoms with E-state index in [0.29, 0.717) is 13.1 Å². The Balaban J connectivity index is 1.95. The van der Waals surface area contributed by atoms with Crippen molar-refractivity contribution in [1.82, 2.24) is 10.3 Å². The molecule has 4 heteroatoms. The quantitative estimate of drug-likeness (QED) is 0.770. The molecule has 1 aromatic carbocycles. The standard InChI is InChI=1S/C14H16N2O2/c1-10-4-5-15-8-12(10)9-16-7-11-2-3-13(17)6-14(11)18/h2-6,8,16-18H,7,9H2,1H3. The fourth-order valence-corrected chi connectivity index (χ4v) is 1.72. The van der Waals surface area contributed by atoms with Crippen molar-refractivity contribution >= 4 is 0 Å². The van der Waals surface area contributed by atoms with E-state index in [2.05, 4.69) is 10.3 Å². The van der Waals surface area contributed by atoms with Crippen molar-refractivity contribution in [3.8, 4) is 11.5 Å². The molecule has 0 bridgehead atoms. The smallest absolute Gasteiger partial charge is 0.123 e. The number of hydrogen-bond donors (Lipinski definition) is 3. The molecule has 0 spiro atoms. The van der Waals surface area contributed by atoms with Crippen molar-refractivity contribution < 1.29 is 10.2 Å². The van der Waals surface area contributed by atoms with Gasteiger partial charge >= 0.3 is 0 Å². The number of aromatic hydroxyl groups is 2. The summed E-state index contributed by atoms with van der Waals surface area (Å²) in [5.74, 6) is 0.171. The van der Waals surface area contributed by atoms with Gasteiger partial charge in [0, 0.05) is 37.1 Å². The molecule has 0 aliphatic rings. The fourth-order valence-electron chi connectivity index (χ4n) is 1.72. The minimum Gasteiger partial charge on any atom is -0.508 e. The average Bonchev–Trinajstić information content (AvgIpc) is 2.34. The van der Waals surface area contributed by atoms with Crippen molar-refractivity contribution in [2.75, 3.05) is 0 Å². The van der Waals surface area contributed by atoms with E-state index in [1.165, 1.54) is 11.6 Å². The van der Waals surface area contributed by atoms with Gasteiger partial charge in [-0.15, -0.1) is 0 Å². The third-order valence-electron chi connectivity index (χ3n) is 2.85. The summed E-state index contributed by atoms with van der Waals surface area (Å²) < 4.78 is 0. The fraction of sp³-hybridized carbons (Fsp3) is 0.214. The van der Waals surface area contributed by atoms with E-state index < -0.39 is 0 Å². The lowest BCUT2D eigenvalue weighted by atomic mass is 10.1. The second-order valence-corrected chi connectivity index (χ2v) is 4.22. The zero-order chi connectivity index (χ0) is 13.0. The Morgan fingerprint density at radius 3 is 2.61 bits per heavy atom. The van der Waals surface area contributed by atoms with Gasteiger partial charge in [0.1, 0.15) is 11.5 Å². The second-order valence-electron chi connectivity index (χ2n) is 4.22. The predicted molar refractivity (Wildman–Crippen MR) is 69.3 cm³/mol. The third kappa shape index (κ3) is 2.99. The summed E-state index contributed by atoms with van der Waals surface area (Å²) in [5.41, 5.74) is 3.08. The molecule has 0 saturated heterocycles. The van der Waals surface area contributed by atoms with E-state index >= 15 is 0 Å². The zero-order valence-corrected chi connectivity index (χ0v) is 10.2. The highest BCUT2D eigenvalue weighted by atomic mass is 16.3. The van der Waals surface area contributed by atoms with Crippen LogP contribution in [0.4, 0.5) is 0 Å². The van der Waals surface area contributed by atoms with Gasteiger partial charge in [0.05, 0.1) is 0 Å². The topological polar surface area (TPSA) is 65.4 Å².